The van der Waals surface area contributed by atoms with Gasteiger partial charge in [0.25, 0.3) is 0 Å². The average molecular weight is 340 g/mol. The van der Waals surface area contributed by atoms with E-state index in [9.17, 15) is 0 Å². The second-order valence-electron chi connectivity index (χ2n) is 6.75. The highest BCUT2D eigenvalue weighted by Gasteiger charge is 2.37. The zero-order valence-corrected chi connectivity index (χ0v) is 15.1. The third-order valence-electron chi connectivity index (χ3n) is 5.19. The molecule has 4 nitrogen and oxygen atoms in total. The van der Waals surface area contributed by atoms with E-state index >= 15 is 0 Å². The first-order valence-electron chi connectivity index (χ1n) is 9.04. The molecule has 1 aromatic heterocycles. The lowest BCUT2D eigenvalue weighted by Gasteiger charge is -2.44. The molecule has 0 saturated carbocycles. The third-order valence-corrected chi connectivity index (χ3v) is 5.19. The zero-order valence-electron chi connectivity index (χ0n) is 14.2. The smallest absolute Gasteiger partial charge is 0.235 e. The molecule has 4 rings (SSSR count). The molecule has 0 amide bonds. The number of fused-ring (bicyclic) bond motifs is 3. The summed E-state index contributed by atoms with van der Waals surface area (Å²) in [5, 5.41) is 0. The summed E-state index contributed by atoms with van der Waals surface area (Å²) in [4.78, 5) is 11.7. The van der Waals surface area contributed by atoms with Gasteiger partial charge in [0.05, 0.1) is 6.61 Å². The Balaban J connectivity index is 0.00000192. The number of aromatic nitrogens is 2. The number of halogens is 1. The summed E-state index contributed by atoms with van der Waals surface area (Å²) in [7, 11) is 0. The van der Waals surface area contributed by atoms with Gasteiger partial charge in [0, 0.05) is 24.9 Å². The van der Waals surface area contributed by atoms with Crippen LogP contribution in [0.15, 0.2) is 12.4 Å². The maximum atomic E-state index is 5.99. The van der Waals surface area contributed by atoms with Gasteiger partial charge in [-0.25, -0.2) is 4.98 Å². The lowest BCUT2D eigenvalue weighted by molar-refractivity contribution is 0.0833. The Kier molecular flexibility index (Phi) is 7.57. The number of nitrogens with zero attached hydrogens (tertiary/aromatic N) is 3. The Morgan fingerprint density at radius 1 is 1.09 bits per heavy atom. The minimum Gasteiger partial charge on any atom is -0.476 e. The van der Waals surface area contributed by atoms with Crippen LogP contribution in [0.25, 0.3) is 0 Å². The Hall–Kier alpha value is -0.870. The highest BCUT2D eigenvalue weighted by Crippen LogP contribution is 2.40. The Labute approximate surface area is 146 Å². The van der Waals surface area contributed by atoms with Crippen LogP contribution >= 0.6 is 12.4 Å². The highest BCUT2D eigenvalue weighted by molar-refractivity contribution is 5.85. The van der Waals surface area contributed by atoms with Crippen molar-refractivity contribution < 1.29 is 4.74 Å². The van der Waals surface area contributed by atoms with Crippen LogP contribution in [-0.4, -0.2) is 41.1 Å². The fourth-order valence-corrected chi connectivity index (χ4v) is 3.85. The molecule has 4 heterocycles. The van der Waals surface area contributed by atoms with Crippen LogP contribution in [0.4, 0.5) is 0 Å². The Bertz CT molecular complexity index is 463. The summed E-state index contributed by atoms with van der Waals surface area (Å²) in [6.45, 7) is 6.67. The molecule has 2 bridgehead atoms. The largest absolute Gasteiger partial charge is 0.476 e. The van der Waals surface area contributed by atoms with Crippen LogP contribution < -0.4 is 4.74 Å². The van der Waals surface area contributed by atoms with Crippen LogP contribution in [0.5, 0.6) is 5.88 Å². The standard InChI is InChI=1S/C18H29N3O.ClH/c1-2-3-4-5-6-13-22-18-17(19-9-10-20-18)16-14-21-11-7-15(16)8-12-21;/h9-10,15-16H,2-8,11-14H2,1H3;1H. The molecule has 1 unspecified atom stereocenters. The molecule has 0 N–H and O–H groups in total. The van der Waals surface area contributed by atoms with Crippen LogP contribution in [-0.2, 0) is 0 Å². The van der Waals surface area contributed by atoms with Crippen molar-refractivity contribution in [2.24, 2.45) is 5.92 Å². The molecule has 23 heavy (non-hydrogen) atoms. The molecule has 5 heteroatoms. The van der Waals surface area contributed by atoms with E-state index in [1.165, 1.54) is 51.6 Å². The molecule has 0 aromatic carbocycles. The van der Waals surface area contributed by atoms with Crippen molar-refractivity contribution >= 4 is 12.4 Å². The number of ether oxygens (including phenoxy) is 1. The predicted octanol–water partition coefficient (Wildman–Crippen LogP) is 4.06. The Morgan fingerprint density at radius 3 is 2.52 bits per heavy atom. The van der Waals surface area contributed by atoms with Crippen molar-refractivity contribution in [1.29, 1.82) is 0 Å². The van der Waals surface area contributed by atoms with Crippen LogP contribution in [0.1, 0.15) is 63.5 Å². The van der Waals surface area contributed by atoms with E-state index in [1.807, 2.05) is 6.20 Å². The first-order chi connectivity index (χ1) is 10.9. The lowest BCUT2D eigenvalue weighted by atomic mass is 9.77. The minimum absolute atomic E-state index is 0. The fraction of sp³-hybridized carbons (Fsp3) is 0.778. The number of hydrogen-bond acceptors (Lipinski definition) is 4. The van der Waals surface area contributed by atoms with Crippen molar-refractivity contribution in [1.82, 2.24) is 14.9 Å². The molecular weight excluding hydrogens is 310 g/mol. The van der Waals surface area contributed by atoms with E-state index in [0.717, 1.165) is 37.1 Å². The van der Waals surface area contributed by atoms with Crippen molar-refractivity contribution in [2.75, 3.05) is 26.2 Å². The van der Waals surface area contributed by atoms with E-state index < -0.39 is 0 Å². The van der Waals surface area contributed by atoms with Gasteiger partial charge in [0.15, 0.2) is 0 Å². The van der Waals surface area contributed by atoms with Gasteiger partial charge in [-0.15, -0.1) is 12.4 Å². The van der Waals surface area contributed by atoms with Gasteiger partial charge in [-0.2, -0.15) is 0 Å². The molecular formula is C18H30ClN3O. The molecule has 0 aliphatic carbocycles. The molecule has 1 aromatic rings. The molecule has 130 valence electrons. The zero-order chi connectivity index (χ0) is 15.2. The minimum atomic E-state index is 0. The second-order valence-corrected chi connectivity index (χ2v) is 6.75. The predicted molar refractivity (Wildman–Crippen MR) is 95.4 cm³/mol. The van der Waals surface area contributed by atoms with Gasteiger partial charge in [-0.05, 0) is 38.3 Å². The molecule has 0 spiro atoms. The van der Waals surface area contributed by atoms with Gasteiger partial charge in [-0.3, -0.25) is 4.98 Å². The number of unbranched alkanes of at least 4 members (excludes halogenated alkanes) is 4. The molecule has 0 radical (unpaired) electrons. The summed E-state index contributed by atoms with van der Waals surface area (Å²) < 4.78 is 5.99. The maximum absolute atomic E-state index is 5.99. The SMILES string of the molecule is CCCCCCCOc1nccnc1C1CN2CCC1CC2.Cl. The lowest BCUT2D eigenvalue weighted by Crippen LogP contribution is -2.46. The molecule has 3 fully saturated rings. The van der Waals surface area contributed by atoms with Crippen LogP contribution in [0.2, 0.25) is 0 Å². The van der Waals surface area contributed by atoms with Gasteiger partial charge in [0.1, 0.15) is 5.69 Å². The second kappa shape index (κ2) is 9.43. The molecule has 3 aliphatic rings. The fourth-order valence-electron chi connectivity index (χ4n) is 3.85. The summed E-state index contributed by atoms with van der Waals surface area (Å²) in [5.74, 6) is 2.08. The molecule has 3 aliphatic heterocycles. The molecule has 3 saturated heterocycles. The van der Waals surface area contributed by atoms with E-state index in [0.29, 0.717) is 5.92 Å². The van der Waals surface area contributed by atoms with E-state index in [2.05, 4.69) is 21.8 Å². The monoisotopic (exact) mass is 339 g/mol. The van der Waals surface area contributed by atoms with Gasteiger partial charge < -0.3 is 9.64 Å². The van der Waals surface area contributed by atoms with Crippen molar-refractivity contribution in [3.05, 3.63) is 18.1 Å². The summed E-state index contributed by atoms with van der Waals surface area (Å²) >= 11 is 0. The average Bonchev–Trinajstić information content (AvgIpc) is 2.59. The van der Waals surface area contributed by atoms with Gasteiger partial charge >= 0.3 is 0 Å². The number of piperidine rings is 3. The summed E-state index contributed by atoms with van der Waals surface area (Å²) in [5.41, 5.74) is 1.10. The van der Waals surface area contributed by atoms with E-state index in [4.69, 9.17) is 4.74 Å². The number of rotatable bonds is 8. The highest BCUT2D eigenvalue weighted by atomic mass is 35.5. The van der Waals surface area contributed by atoms with Crippen molar-refractivity contribution in [3.8, 4) is 5.88 Å². The van der Waals surface area contributed by atoms with Crippen LogP contribution in [0, 0.1) is 5.92 Å². The van der Waals surface area contributed by atoms with Crippen LogP contribution in [0.3, 0.4) is 0 Å². The quantitative estimate of drug-likeness (QED) is 0.669. The first kappa shape index (κ1) is 18.5. The van der Waals surface area contributed by atoms with E-state index in [-0.39, 0.29) is 12.4 Å². The van der Waals surface area contributed by atoms with Gasteiger partial charge in [0.2, 0.25) is 5.88 Å². The van der Waals surface area contributed by atoms with Crippen molar-refractivity contribution in [2.45, 2.75) is 57.8 Å². The summed E-state index contributed by atoms with van der Waals surface area (Å²) in [6, 6.07) is 0. The topological polar surface area (TPSA) is 38.3 Å². The maximum Gasteiger partial charge on any atom is 0.235 e. The van der Waals surface area contributed by atoms with Gasteiger partial charge in [-0.1, -0.05) is 32.6 Å². The number of hydrogen-bond donors (Lipinski definition) is 0. The third kappa shape index (κ3) is 4.80. The Morgan fingerprint density at radius 2 is 1.83 bits per heavy atom. The first-order valence-corrected chi connectivity index (χ1v) is 9.04. The normalized spacial score (nSPS) is 25.9. The summed E-state index contributed by atoms with van der Waals surface area (Å²) in [6.07, 6.45) is 12.5. The molecule has 1 atom stereocenters. The van der Waals surface area contributed by atoms with Crippen molar-refractivity contribution in [3.63, 3.8) is 0 Å². The van der Waals surface area contributed by atoms with E-state index in [1.54, 1.807) is 6.20 Å².